The molecule has 0 bridgehead atoms. The summed E-state index contributed by atoms with van der Waals surface area (Å²) >= 11 is 0. The molecule has 0 saturated carbocycles. The van der Waals surface area contributed by atoms with Gasteiger partial charge in [0.1, 0.15) is 0 Å². The van der Waals surface area contributed by atoms with Crippen LogP contribution >= 0.6 is 0 Å². The molecular weight excluding hydrogens is 232 g/mol. The molecule has 2 heterocycles. The quantitative estimate of drug-likeness (QED) is 0.742. The number of ether oxygens (including phenoxy) is 1. The molecule has 0 N–H and O–H groups in total. The lowest BCUT2D eigenvalue weighted by Gasteiger charge is -2.35. The van der Waals surface area contributed by atoms with Gasteiger partial charge in [0.25, 0.3) is 0 Å². The number of amides is 2. The van der Waals surface area contributed by atoms with Crippen LogP contribution in [0.25, 0.3) is 0 Å². The molecule has 18 heavy (non-hydrogen) atoms. The van der Waals surface area contributed by atoms with Crippen molar-refractivity contribution in [3.8, 4) is 0 Å². The van der Waals surface area contributed by atoms with Crippen LogP contribution in [0, 0.1) is 0 Å². The third kappa shape index (κ3) is 3.22. The molecule has 5 nitrogen and oxygen atoms in total. The lowest BCUT2D eigenvalue weighted by molar-refractivity contribution is -0.140. The molecule has 2 aliphatic rings. The summed E-state index contributed by atoms with van der Waals surface area (Å²) in [5.41, 5.74) is 0. The Hall–Kier alpha value is -1.10. The zero-order valence-corrected chi connectivity index (χ0v) is 11.1. The molecule has 0 aromatic carbocycles. The zero-order valence-electron chi connectivity index (χ0n) is 11.1. The van der Waals surface area contributed by atoms with Gasteiger partial charge < -0.3 is 14.5 Å². The molecule has 0 aromatic heterocycles. The Labute approximate surface area is 108 Å². The fourth-order valence-electron chi connectivity index (χ4n) is 2.56. The number of carbonyl (C=O) groups excluding carboxylic acids is 2. The molecule has 1 unspecified atom stereocenters. The second-order valence-electron chi connectivity index (χ2n) is 4.95. The normalized spacial score (nSPS) is 24.4. The SMILES string of the molecule is CCC(=O)N1CCN(C(=O)CC2CCCO2)CC1. The van der Waals surface area contributed by atoms with E-state index in [1.54, 1.807) is 0 Å². The lowest BCUT2D eigenvalue weighted by atomic mass is 10.1. The van der Waals surface area contributed by atoms with Crippen LogP contribution in [-0.2, 0) is 14.3 Å². The first kappa shape index (κ1) is 13.3. The Balaban J connectivity index is 1.74. The summed E-state index contributed by atoms with van der Waals surface area (Å²) in [5.74, 6) is 0.353. The van der Waals surface area contributed by atoms with Crippen molar-refractivity contribution >= 4 is 11.8 Å². The van der Waals surface area contributed by atoms with Crippen LogP contribution in [0.4, 0.5) is 0 Å². The van der Waals surface area contributed by atoms with Gasteiger partial charge in [-0.2, -0.15) is 0 Å². The summed E-state index contributed by atoms with van der Waals surface area (Å²) < 4.78 is 5.48. The van der Waals surface area contributed by atoms with E-state index in [4.69, 9.17) is 4.74 Å². The molecule has 1 atom stereocenters. The van der Waals surface area contributed by atoms with Crippen molar-refractivity contribution in [2.45, 2.75) is 38.7 Å². The molecule has 0 aromatic rings. The van der Waals surface area contributed by atoms with Crippen molar-refractivity contribution in [3.05, 3.63) is 0 Å². The van der Waals surface area contributed by atoms with E-state index in [9.17, 15) is 9.59 Å². The third-order valence-electron chi connectivity index (χ3n) is 3.71. The van der Waals surface area contributed by atoms with E-state index in [0.29, 0.717) is 39.0 Å². The van der Waals surface area contributed by atoms with Crippen LogP contribution in [0.3, 0.4) is 0 Å². The first-order valence-corrected chi connectivity index (χ1v) is 6.88. The van der Waals surface area contributed by atoms with Gasteiger partial charge in [0, 0.05) is 39.2 Å². The summed E-state index contributed by atoms with van der Waals surface area (Å²) in [4.78, 5) is 27.3. The minimum atomic E-state index is 0.118. The molecular formula is C13H22N2O3. The predicted octanol–water partition coefficient (Wildman–Crippen LogP) is 0.636. The van der Waals surface area contributed by atoms with Gasteiger partial charge in [-0.15, -0.1) is 0 Å². The monoisotopic (exact) mass is 254 g/mol. The highest BCUT2D eigenvalue weighted by Crippen LogP contribution is 2.17. The van der Waals surface area contributed by atoms with Crippen LogP contribution in [0.15, 0.2) is 0 Å². The van der Waals surface area contributed by atoms with E-state index < -0.39 is 0 Å². The number of hydrogen-bond acceptors (Lipinski definition) is 3. The third-order valence-corrected chi connectivity index (χ3v) is 3.71. The van der Waals surface area contributed by atoms with Crippen LogP contribution in [0.5, 0.6) is 0 Å². The summed E-state index contributed by atoms with van der Waals surface area (Å²) in [6, 6.07) is 0. The minimum Gasteiger partial charge on any atom is -0.378 e. The van der Waals surface area contributed by atoms with Gasteiger partial charge in [0.2, 0.25) is 11.8 Å². The molecule has 2 aliphatic heterocycles. The highest BCUT2D eigenvalue weighted by Gasteiger charge is 2.26. The number of hydrogen-bond donors (Lipinski definition) is 0. The first-order chi connectivity index (χ1) is 8.70. The number of carbonyl (C=O) groups is 2. The topological polar surface area (TPSA) is 49.9 Å². The Morgan fingerprint density at radius 1 is 1.11 bits per heavy atom. The maximum absolute atomic E-state index is 12.0. The van der Waals surface area contributed by atoms with Gasteiger partial charge in [0.05, 0.1) is 12.5 Å². The largest absolute Gasteiger partial charge is 0.378 e. The van der Waals surface area contributed by atoms with E-state index in [1.165, 1.54) is 0 Å². The van der Waals surface area contributed by atoms with Crippen molar-refractivity contribution in [2.24, 2.45) is 0 Å². The molecule has 2 rings (SSSR count). The van der Waals surface area contributed by atoms with Crippen LogP contribution < -0.4 is 0 Å². The van der Waals surface area contributed by atoms with Gasteiger partial charge in [-0.3, -0.25) is 9.59 Å². The van der Waals surface area contributed by atoms with Gasteiger partial charge >= 0.3 is 0 Å². The highest BCUT2D eigenvalue weighted by atomic mass is 16.5. The second-order valence-corrected chi connectivity index (χ2v) is 4.95. The van der Waals surface area contributed by atoms with Gasteiger partial charge in [-0.25, -0.2) is 0 Å². The van der Waals surface area contributed by atoms with Crippen molar-refractivity contribution < 1.29 is 14.3 Å². The molecule has 102 valence electrons. The highest BCUT2D eigenvalue weighted by molar-refractivity contribution is 5.78. The zero-order chi connectivity index (χ0) is 13.0. The van der Waals surface area contributed by atoms with E-state index in [2.05, 4.69) is 0 Å². The Morgan fingerprint density at radius 3 is 2.22 bits per heavy atom. The number of piperazine rings is 1. The fraction of sp³-hybridized carbons (Fsp3) is 0.846. The number of nitrogens with zero attached hydrogens (tertiary/aromatic N) is 2. The van der Waals surface area contributed by atoms with Gasteiger partial charge in [0.15, 0.2) is 0 Å². The average molecular weight is 254 g/mol. The summed E-state index contributed by atoms with van der Waals surface area (Å²) in [6.45, 7) is 5.33. The van der Waals surface area contributed by atoms with Crippen molar-refractivity contribution in [1.29, 1.82) is 0 Å². The van der Waals surface area contributed by atoms with E-state index >= 15 is 0 Å². The Kier molecular flexibility index (Phi) is 4.58. The molecule has 5 heteroatoms. The Morgan fingerprint density at radius 2 is 1.72 bits per heavy atom. The van der Waals surface area contributed by atoms with E-state index in [0.717, 1.165) is 19.4 Å². The maximum Gasteiger partial charge on any atom is 0.225 e. The standard InChI is InChI=1S/C13H22N2O3/c1-2-12(16)14-5-7-15(8-6-14)13(17)10-11-4-3-9-18-11/h11H,2-10H2,1H3. The molecule has 2 saturated heterocycles. The molecule has 2 amide bonds. The number of rotatable bonds is 3. The van der Waals surface area contributed by atoms with Crippen LogP contribution in [-0.4, -0.2) is 60.5 Å². The van der Waals surface area contributed by atoms with Gasteiger partial charge in [-0.05, 0) is 12.8 Å². The van der Waals surface area contributed by atoms with E-state index in [-0.39, 0.29) is 17.9 Å². The Bertz CT molecular complexity index is 305. The lowest BCUT2D eigenvalue weighted by Crippen LogP contribution is -2.50. The van der Waals surface area contributed by atoms with Crippen molar-refractivity contribution in [3.63, 3.8) is 0 Å². The summed E-state index contributed by atoms with van der Waals surface area (Å²) in [7, 11) is 0. The maximum atomic E-state index is 12.0. The van der Waals surface area contributed by atoms with E-state index in [1.807, 2.05) is 16.7 Å². The summed E-state index contributed by atoms with van der Waals surface area (Å²) in [5, 5.41) is 0. The predicted molar refractivity (Wildman–Crippen MR) is 67.0 cm³/mol. The fourth-order valence-corrected chi connectivity index (χ4v) is 2.56. The van der Waals surface area contributed by atoms with Crippen LogP contribution in [0.2, 0.25) is 0 Å². The second kappa shape index (κ2) is 6.18. The van der Waals surface area contributed by atoms with Crippen molar-refractivity contribution in [1.82, 2.24) is 9.80 Å². The first-order valence-electron chi connectivity index (χ1n) is 6.88. The molecule has 2 fully saturated rings. The molecule has 0 spiro atoms. The van der Waals surface area contributed by atoms with Gasteiger partial charge in [-0.1, -0.05) is 6.92 Å². The summed E-state index contributed by atoms with van der Waals surface area (Å²) in [6.07, 6.45) is 3.23. The molecule has 0 aliphatic carbocycles. The molecule has 0 radical (unpaired) electrons. The van der Waals surface area contributed by atoms with Crippen LogP contribution in [0.1, 0.15) is 32.6 Å². The smallest absolute Gasteiger partial charge is 0.225 e. The van der Waals surface area contributed by atoms with Crippen molar-refractivity contribution in [2.75, 3.05) is 32.8 Å². The average Bonchev–Trinajstić information content (AvgIpc) is 2.91. The minimum absolute atomic E-state index is 0.118.